The first-order valence-corrected chi connectivity index (χ1v) is 4.58. The van der Waals surface area contributed by atoms with Crippen LogP contribution in [-0.2, 0) is 9.59 Å². The van der Waals surface area contributed by atoms with Crippen LogP contribution in [0.15, 0.2) is 0 Å². The number of Topliss-reactive ketones (excluding diaryl/α,β-unsaturated/α-hetero) is 1. The number of amides is 1. The highest BCUT2D eigenvalue weighted by Gasteiger charge is 2.33. The molecule has 1 fully saturated rings. The Labute approximate surface area is 78.1 Å². The number of likely N-dealkylation sites (tertiary alicyclic amines) is 1. The van der Waals surface area contributed by atoms with Gasteiger partial charge in [0.05, 0.1) is 12.6 Å². The normalized spacial score (nSPS) is 22.8. The van der Waals surface area contributed by atoms with E-state index in [9.17, 15) is 9.59 Å². The molecular formula is C9H16N2O2. The molecule has 0 bridgehead atoms. The van der Waals surface area contributed by atoms with E-state index in [0.717, 1.165) is 13.0 Å². The molecule has 0 radical (unpaired) electrons. The van der Waals surface area contributed by atoms with Crippen LogP contribution in [0.2, 0.25) is 0 Å². The molecule has 1 rings (SSSR count). The molecule has 0 aromatic carbocycles. The van der Waals surface area contributed by atoms with Gasteiger partial charge in [0.25, 0.3) is 0 Å². The molecule has 4 heteroatoms. The maximum absolute atomic E-state index is 11.3. The summed E-state index contributed by atoms with van der Waals surface area (Å²) in [5.74, 6) is -0.108. The van der Waals surface area contributed by atoms with Crippen LogP contribution in [0, 0.1) is 5.92 Å². The van der Waals surface area contributed by atoms with Crippen LogP contribution < -0.4 is 5.73 Å². The van der Waals surface area contributed by atoms with Crippen molar-refractivity contribution in [3.05, 3.63) is 0 Å². The summed E-state index contributed by atoms with van der Waals surface area (Å²) in [5, 5.41) is 0. The molecule has 0 aromatic rings. The van der Waals surface area contributed by atoms with E-state index in [2.05, 4.69) is 0 Å². The molecule has 1 aliphatic rings. The first-order chi connectivity index (χ1) is 6.02. The quantitative estimate of drug-likeness (QED) is 0.656. The summed E-state index contributed by atoms with van der Waals surface area (Å²) in [6.07, 6.45) is 0.792. The topological polar surface area (TPSA) is 63.4 Å². The van der Waals surface area contributed by atoms with Crippen molar-refractivity contribution in [3.8, 4) is 0 Å². The van der Waals surface area contributed by atoms with Crippen molar-refractivity contribution in [2.45, 2.75) is 26.3 Å². The highest BCUT2D eigenvalue weighted by molar-refractivity contribution is 5.85. The highest BCUT2D eigenvalue weighted by atomic mass is 16.1. The van der Waals surface area contributed by atoms with E-state index >= 15 is 0 Å². The van der Waals surface area contributed by atoms with E-state index in [0.29, 0.717) is 6.54 Å². The van der Waals surface area contributed by atoms with Gasteiger partial charge in [0, 0.05) is 12.5 Å². The molecule has 2 N–H and O–H groups in total. The molecule has 1 heterocycles. The summed E-state index contributed by atoms with van der Waals surface area (Å²) in [5.41, 5.74) is 5.15. The fourth-order valence-corrected chi connectivity index (χ4v) is 1.33. The summed E-state index contributed by atoms with van der Waals surface area (Å²) in [6, 6.07) is -0.206. The number of nitrogens with two attached hydrogens (primary N) is 1. The van der Waals surface area contributed by atoms with Crippen LogP contribution in [0.5, 0.6) is 0 Å². The fraction of sp³-hybridized carbons (Fsp3) is 0.778. The van der Waals surface area contributed by atoms with Gasteiger partial charge in [-0.2, -0.15) is 0 Å². The largest absolute Gasteiger partial charge is 0.368 e. The Morgan fingerprint density at radius 2 is 2.15 bits per heavy atom. The van der Waals surface area contributed by atoms with Crippen LogP contribution in [0.1, 0.15) is 20.3 Å². The maximum Gasteiger partial charge on any atom is 0.234 e. The lowest BCUT2D eigenvalue weighted by Crippen LogP contribution is -2.56. The number of carbonyl (C=O) groups is 2. The van der Waals surface area contributed by atoms with E-state index in [-0.39, 0.29) is 23.7 Å². The monoisotopic (exact) mass is 184 g/mol. The summed E-state index contributed by atoms with van der Waals surface area (Å²) < 4.78 is 0. The molecule has 0 aromatic heterocycles. The zero-order valence-corrected chi connectivity index (χ0v) is 8.12. The van der Waals surface area contributed by atoms with Gasteiger partial charge in [-0.3, -0.25) is 14.5 Å². The van der Waals surface area contributed by atoms with Crippen molar-refractivity contribution in [1.29, 1.82) is 0 Å². The predicted octanol–water partition coefficient (Wildman–Crippen LogP) is -0.229. The zero-order valence-electron chi connectivity index (χ0n) is 8.12. The SMILES string of the molecule is CC(C)C(=O)CN1CCC1C(N)=O. The van der Waals surface area contributed by atoms with Gasteiger partial charge in [-0.15, -0.1) is 0 Å². The van der Waals surface area contributed by atoms with Gasteiger partial charge in [0.2, 0.25) is 5.91 Å². The summed E-state index contributed by atoms with van der Waals surface area (Å²) in [4.78, 5) is 24.0. The third-order valence-electron chi connectivity index (χ3n) is 2.46. The average molecular weight is 184 g/mol. The van der Waals surface area contributed by atoms with Gasteiger partial charge in [0.1, 0.15) is 5.78 Å². The molecule has 0 aliphatic carbocycles. The molecule has 0 spiro atoms. The van der Waals surface area contributed by atoms with Gasteiger partial charge in [-0.25, -0.2) is 0 Å². The highest BCUT2D eigenvalue weighted by Crippen LogP contribution is 2.16. The molecule has 1 amide bonds. The number of primary amides is 1. The Hall–Kier alpha value is -0.900. The second kappa shape index (κ2) is 3.87. The van der Waals surface area contributed by atoms with E-state index in [1.165, 1.54) is 0 Å². The number of ketones is 1. The van der Waals surface area contributed by atoms with Crippen LogP contribution in [-0.4, -0.2) is 35.7 Å². The first-order valence-electron chi connectivity index (χ1n) is 4.58. The minimum Gasteiger partial charge on any atom is -0.368 e. The fourth-order valence-electron chi connectivity index (χ4n) is 1.33. The third kappa shape index (κ3) is 2.28. The molecule has 13 heavy (non-hydrogen) atoms. The average Bonchev–Trinajstić information content (AvgIpc) is 1.95. The number of carbonyl (C=O) groups excluding carboxylic acids is 2. The molecule has 74 valence electrons. The van der Waals surface area contributed by atoms with Gasteiger partial charge in [0.15, 0.2) is 0 Å². The zero-order chi connectivity index (χ0) is 10.0. The lowest BCUT2D eigenvalue weighted by atomic mass is 10.00. The molecule has 1 aliphatic heterocycles. The Morgan fingerprint density at radius 3 is 2.46 bits per heavy atom. The summed E-state index contributed by atoms with van der Waals surface area (Å²) in [6.45, 7) is 4.90. The van der Waals surface area contributed by atoms with E-state index < -0.39 is 0 Å². The Balaban J connectivity index is 2.38. The van der Waals surface area contributed by atoms with Crippen molar-refractivity contribution in [1.82, 2.24) is 4.90 Å². The Kier molecular flexibility index (Phi) is 3.03. The number of hydrogen-bond acceptors (Lipinski definition) is 3. The lowest BCUT2D eigenvalue weighted by molar-refractivity contribution is -0.131. The maximum atomic E-state index is 11.3. The van der Waals surface area contributed by atoms with Crippen LogP contribution >= 0.6 is 0 Å². The number of hydrogen-bond donors (Lipinski definition) is 1. The van der Waals surface area contributed by atoms with Crippen molar-refractivity contribution >= 4 is 11.7 Å². The van der Waals surface area contributed by atoms with Crippen molar-refractivity contribution in [2.75, 3.05) is 13.1 Å². The van der Waals surface area contributed by atoms with E-state index in [1.807, 2.05) is 18.7 Å². The molecule has 1 saturated heterocycles. The second-order valence-electron chi connectivity index (χ2n) is 3.80. The van der Waals surface area contributed by atoms with Gasteiger partial charge < -0.3 is 5.73 Å². The Bertz CT molecular complexity index is 226. The standard InChI is InChI=1S/C9H16N2O2/c1-6(2)8(12)5-11-4-3-7(11)9(10)13/h6-7H,3-5H2,1-2H3,(H2,10,13). The van der Waals surface area contributed by atoms with E-state index in [1.54, 1.807) is 0 Å². The van der Waals surface area contributed by atoms with Crippen LogP contribution in [0.25, 0.3) is 0 Å². The smallest absolute Gasteiger partial charge is 0.234 e. The van der Waals surface area contributed by atoms with Gasteiger partial charge >= 0.3 is 0 Å². The minimum atomic E-state index is -0.317. The lowest BCUT2D eigenvalue weighted by Gasteiger charge is -2.38. The molecule has 1 atom stereocenters. The van der Waals surface area contributed by atoms with Crippen molar-refractivity contribution in [2.24, 2.45) is 11.7 Å². The third-order valence-corrected chi connectivity index (χ3v) is 2.46. The number of rotatable bonds is 4. The van der Waals surface area contributed by atoms with Gasteiger partial charge in [-0.05, 0) is 6.42 Å². The van der Waals surface area contributed by atoms with Crippen molar-refractivity contribution < 1.29 is 9.59 Å². The second-order valence-corrected chi connectivity index (χ2v) is 3.80. The minimum absolute atomic E-state index is 0.0362. The van der Waals surface area contributed by atoms with Gasteiger partial charge in [-0.1, -0.05) is 13.8 Å². The van der Waals surface area contributed by atoms with E-state index in [4.69, 9.17) is 5.73 Å². The molecule has 1 unspecified atom stereocenters. The van der Waals surface area contributed by atoms with Crippen LogP contribution in [0.4, 0.5) is 0 Å². The summed E-state index contributed by atoms with van der Waals surface area (Å²) in [7, 11) is 0. The molecule has 4 nitrogen and oxygen atoms in total. The molecule has 0 saturated carbocycles. The predicted molar refractivity (Wildman–Crippen MR) is 49.0 cm³/mol. The molecular weight excluding hydrogens is 168 g/mol. The number of nitrogens with zero attached hydrogens (tertiary/aromatic N) is 1. The first kappa shape index (κ1) is 10.2. The van der Waals surface area contributed by atoms with Crippen LogP contribution in [0.3, 0.4) is 0 Å². The Morgan fingerprint density at radius 1 is 1.54 bits per heavy atom. The van der Waals surface area contributed by atoms with Crippen molar-refractivity contribution in [3.63, 3.8) is 0 Å². The summed E-state index contributed by atoms with van der Waals surface area (Å²) >= 11 is 0.